The molecule has 0 aliphatic rings. The molecule has 0 aromatic rings. The van der Waals surface area contributed by atoms with E-state index >= 15 is 0 Å². The highest BCUT2D eigenvalue weighted by Gasteiger charge is 2.22. The first-order chi connectivity index (χ1) is 8.56. The van der Waals surface area contributed by atoms with E-state index < -0.39 is 23.9 Å². The Balaban J connectivity index is 4.44. The van der Waals surface area contributed by atoms with Crippen molar-refractivity contribution in [1.29, 1.82) is 0 Å². The highest BCUT2D eigenvalue weighted by molar-refractivity contribution is 5.89. The first-order valence-corrected chi connectivity index (χ1v) is 6.06. The summed E-state index contributed by atoms with van der Waals surface area (Å²) in [7, 11) is 0. The topological polar surface area (TPSA) is 127 Å². The monoisotopic (exact) mass is 258 g/mol. The number of nitrogens with two attached hydrogens (primary N) is 2. The van der Waals surface area contributed by atoms with E-state index in [1.54, 1.807) is 0 Å². The second-order valence-electron chi connectivity index (χ2n) is 4.02. The van der Waals surface area contributed by atoms with Gasteiger partial charge in [0, 0.05) is 0 Å². The molecule has 0 fully saturated rings. The second kappa shape index (κ2) is 9.41. The Morgan fingerprint density at radius 1 is 1.28 bits per heavy atom. The summed E-state index contributed by atoms with van der Waals surface area (Å²) in [6.45, 7) is 2.23. The predicted octanol–water partition coefficient (Wildman–Crippen LogP) is -1.39. The van der Waals surface area contributed by atoms with Crippen LogP contribution in [0.4, 0.5) is 0 Å². The van der Waals surface area contributed by atoms with E-state index in [9.17, 15) is 14.4 Å². The van der Waals surface area contributed by atoms with Crippen molar-refractivity contribution >= 4 is 18.2 Å². The molecule has 0 saturated heterocycles. The van der Waals surface area contributed by atoms with E-state index in [0.717, 1.165) is 12.8 Å². The van der Waals surface area contributed by atoms with Crippen molar-refractivity contribution in [2.45, 2.75) is 44.7 Å². The van der Waals surface area contributed by atoms with Crippen LogP contribution in [0.3, 0.4) is 0 Å². The molecule has 0 aromatic carbocycles. The fourth-order valence-electron chi connectivity index (χ4n) is 1.51. The molecule has 0 aromatic heterocycles. The van der Waals surface area contributed by atoms with Gasteiger partial charge in [-0.3, -0.25) is 14.4 Å². The quantitative estimate of drug-likeness (QED) is 0.360. The standard InChI is InChI=1S/C11H22N4O3/c1-2-3-4-9(14-7-16)11(18)15-8(5-6-12)10(13)17/h7-9H,2-6,12H2,1H3,(H2,13,17)(H,14,16)(H,15,18)/t8-,9-/m0/s1. The van der Waals surface area contributed by atoms with Gasteiger partial charge in [-0.2, -0.15) is 0 Å². The number of hydrogen-bond donors (Lipinski definition) is 4. The summed E-state index contributed by atoms with van der Waals surface area (Å²) >= 11 is 0. The molecule has 7 nitrogen and oxygen atoms in total. The molecule has 3 amide bonds. The molecule has 6 N–H and O–H groups in total. The summed E-state index contributed by atoms with van der Waals surface area (Å²) in [4.78, 5) is 33.4. The average Bonchev–Trinajstić information content (AvgIpc) is 2.33. The van der Waals surface area contributed by atoms with Crippen molar-refractivity contribution in [2.75, 3.05) is 6.54 Å². The maximum Gasteiger partial charge on any atom is 0.243 e. The molecule has 0 spiro atoms. The molecule has 0 radical (unpaired) electrons. The number of primary amides is 1. The van der Waals surface area contributed by atoms with Crippen LogP contribution in [-0.2, 0) is 14.4 Å². The predicted molar refractivity (Wildman–Crippen MR) is 67.3 cm³/mol. The first-order valence-electron chi connectivity index (χ1n) is 6.06. The Kier molecular flexibility index (Phi) is 8.55. The van der Waals surface area contributed by atoms with Crippen LogP contribution in [0.25, 0.3) is 0 Å². The molecule has 0 heterocycles. The highest BCUT2D eigenvalue weighted by atomic mass is 16.2. The third kappa shape index (κ3) is 6.19. The van der Waals surface area contributed by atoms with Crippen LogP contribution in [0.5, 0.6) is 0 Å². The van der Waals surface area contributed by atoms with Crippen LogP contribution in [0, 0.1) is 0 Å². The molecule has 7 heteroatoms. The second-order valence-corrected chi connectivity index (χ2v) is 4.02. The fourth-order valence-corrected chi connectivity index (χ4v) is 1.51. The van der Waals surface area contributed by atoms with Gasteiger partial charge in [0.1, 0.15) is 12.1 Å². The maximum absolute atomic E-state index is 11.8. The molecule has 2 atom stereocenters. The highest BCUT2D eigenvalue weighted by Crippen LogP contribution is 2.01. The van der Waals surface area contributed by atoms with Gasteiger partial charge < -0.3 is 22.1 Å². The van der Waals surface area contributed by atoms with Crippen LogP contribution in [0.15, 0.2) is 0 Å². The van der Waals surface area contributed by atoms with Crippen molar-refractivity contribution in [3.05, 3.63) is 0 Å². The number of hydrogen-bond acceptors (Lipinski definition) is 4. The van der Waals surface area contributed by atoms with Crippen LogP contribution >= 0.6 is 0 Å². The largest absolute Gasteiger partial charge is 0.368 e. The first kappa shape index (κ1) is 16.4. The maximum atomic E-state index is 11.8. The van der Waals surface area contributed by atoms with Crippen molar-refractivity contribution in [2.24, 2.45) is 11.5 Å². The fraction of sp³-hybridized carbons (Fsp3) is 0.727. The van der Waals surface area contributed by atoms with E-state index in [2.05, 4.69) is 10.6 Å². The van der Waals surface area contributed by atoms with Gasteiger partial charge in [0.2, 0.25) is 18.2 Å². The van der Waals surface area contributed by atoms with Crippen LogP contribution in [0.1, 0.15) is 32.6 Å². The van der Waals surface area contributed by atoms with Gasteiger partial charge in [0.15, 0.2) is 0 Å². The van der Waals surface area contributed by atoms with E-state index in [4.69, 9.17) is 11.5 Å². The average molecular weight is 258 g/mol. The Labute approximate surface area is 107 Å². The van der Waals surface area contributed by atoms with E-state index in [1.807, 2.05) is 6.92 Å². The molecule has 0 rings (SSSR count). The Bertz CT molecular complexity index is 283. The minimum absolute atomic E-state index is 0.245. The summed E-state index contributed by atoms with van der Waals surface area (Å²) in [5.74, 6) is -1.04. The number of carbonyl (C=O) groups excluding carboxylic acids is 3. The Morgan fingerprint density at radius 2 is 1.94 bits per heavy atom. The van der Waals surface area contributed by atoms with Gasteiger partial charge in [-0.05, 0) is 19.4 Å². The molecule has 0 aliphatic heterocycles. The van der Waals surface area contributed by atoms with E-state index in [1.165, 1.54) is 0 Å². The SMILES string of the molecule is CCCC[C@H](NC=O)C(=O)N[C@@H](CCN)C(N)=O. The summed E-state index contributed by atoms with van der Waals surface area (Å²) in [6, 6.07) is -1.43. The van der Waals surface area contributed by atoms with Gasteiger partial charge in [-0.1, -0.05) is 19.8 Å². The molecule has 0 bridgehead atoms. The van der Waals surface area contributed by atoms with Crippen molar-refractivity contribution in [3.8, 4) is 0 Å². The lowest BCUT2D eigenvalue weighted by Gasteiger charge is -2.20. The van der Waals surface area contributed by atoms with E-state index in [-0.39, 0.29) is 13.0 Å². The van der Waals surface area contributed by atoms with Crippen molar-refractivity contribution in [3.63, 3.8) is 0 Å². The van der Waals surface area contributed by atoms with Gasteiger partial charge in [0.25, 0.3) is 0 Å². The zero-order chi connectivity index (χ0) is 14.0. The summed E-state index contributed by atoms with van der Waals surface area (Å²) in [6.07, 6.45) is 2.99. The molecule has 18 heavy (non-hydrogen) atoms. The lowest BCUT2D eigenvalue weighted by atomic mass is 10.1. The van der Waals surface area contributed by atoms with Crippen LogP contribution in [-0.4, -0.2) is 36.9 Å². The molecule has 104 valence electrons. The van der Waals surface area contributed by atoms with Crippen LogP contribution in [0.2, 0.25) is 0 Å². The summed E-state index contributed by atoms with van der Waals surface area (Å²) in [5, 5.41) is 4.92. The zero-order valence-corrected chi connectivity index (χ0v) is 10.6. The number of carbonyl (C=O) groups is 3. The number of rotatable bonds is 10. The van der Waals surface area contributed by atoms with Gasteiger partial charge >= 0.3 is 0 Å². The zero-order valence-electron chi connectivity index (χ0n) is 10.6. The molecule has 0 aliphatic carbocycles. The van der Waals surface area contributed by atoms with E-state index in [0.29, 0.717) is 12.8 Å². The van der Waals surface area contributed by atoms with Gasteiger partial charge in [0.05, 0.1) is 0 Å². The third-order valence-corrected chi connectivity index (χ3v) is 2.55. The van der Waals surface area contributed by atoms with Crippen molar-refractivity contribution < 1.29 is 14.4 Å². The summed E-state index contributed by atoms with van der Waals surface area (Å²) < 4.78 is 0. The minimum Gasteiger partial charge on any atom is -0.368 e. The van der Waals surface area contributed by atoms with Crippen molar-refractivity contribution in [1.82, 2.24) is 10.6 Å². The minimum atomic E-state index is -0.792. The van der Waals surface area contributed by atoms with Gasteiger partial charge in [-0.15, -0.1) is 0 Å². The van der Waals surface area contributed by atoms with Crippen LogP contribution < -0.4 is 22.1 Å². The summed E-state index contributed by atoms with van der Waals surface area (Å²) in [5.41, 5.74) is 10.5. The molecular weight excluding hydrogens is 236 g/mol. The normalized spacial score (nSPS) is 13.4. The molecule has 0 saturated carbocycles. The Morgan fingerprint density at radius 3 is 2.39 bits per heavy atom. The smallest absolute Gasteiger partial charge is 0.243 e. The Hall–Kier alpha value is -1.63. The lowest BCUT2D eigenvalue weighted by molar-refractivity contribution is -0.129. The lowest BCUT2D eigenvalue weighted by Crippen LogP contribution is -2.52. The van der Waals surface area contributed by atoms with Gasteiger partial charge in [-0.25, -0.2) is 0 Å². The number of nitrogens with one attached hydrogen (secondary N) is 2. The number of unbranched alkanes of at least 4 members (excludes halogenated alkanes) is 1. The number of amides is 3. The third-order valence-electron chi connectivity index (χ3n) is 2.55. The molecular formula is C11H22N4O3. The molecule has 0 unspecified atom stereocenters.